The maximum atomic E-state index is 13.8. The van der Waals surface area contributed by atoms with Crippen molar-refractivity contribution >= 4 is 17.9 Å². The minimum atomic E-state index is -1.43. The van der Waals surface area contributed by atoms with Gasteiger partial charge in [-0.3, -0.25) is 4.79 Å². The summed E-state index contributed by atoms with van der Waals surface area (Å²) in [7, 11) is 0. The zero-order chi connectivity index (χ0) is 15.0. The summed E-state index contributed by atoms with van der Waals surface area (Å²) >= 11 is 0. The van der Waals surface area contributed by atoms with E-state index in [0.29, 0.717) is 6.26 Å². The molecule has 2 rings (SSSR count). The number of nitrogens with zero attached hydrogens (tertiary/aromatic N) is 1. The Morgan fingerprint density at radius 3 is 2.80 bits per heavy atom. The predicted molar refractivity (Wildman–Crippen MR) is 70.1 cm³/mol. The van der Waals surface area contributed by atoms with Gasteiger partial charge in [0.25, 0.3) is 0 Å². The van der Waals surface area contributed by atoms with E-state index in [2.05, 4.69) is 0 Å². The Morgan fingerprint density at radius 1 is 1.60 bits per heavy atom. The fraction of sp³-hybridized carbons (Fsp3) is 0.231. The molecule has 0 saturated heterocycles. The number of allylic oxidation sites excluding steroid dienone is 1. The number of aromatic carboxylic acids is 1. The van der Waals surface area contributed by atoms with Gasteiger partial charge in [0.15, 0.2) is 0 Å². The maximum Gasteiger partial charge on any atom is 0.341 e. The molecule has 2 heterocycles. The minimum absolute atomic E-state index is 0.00625. The lowest BCUT2D eigenvalue weighted by Crippen LogP contribution is -2.51. The highest BCUT2D eigenvalue weighted by Crippen LogP contribution is 2.15. The van der Waals surface area contributed by atoms with E-state index in [-0.39, 0.29) is 23.0 Å². The van der Waals surface area contributed by atoms with Gasteiger partial charge in [-0.1, -0.05) is 0 Å². The number of fused-ring (bicyclic) bond motifs is 2. The molecule has 106 valence electrons. The van der Waals surface area contributed by atoms with E-state index in [0.717, 1.165) is 6.20 Å². The molecule has 0 saturated carbocycles. The van der Waals surface area contributed by atoms with Gasteiger partial charge < -0.3 is 20.5 Å². The molecule has 4 N–H and O–H groups in total. The van der Waals surface area contributed by atoms with Crippen LogP contribution in [0.25, 0.3) is 12.0 Å². The monoisotopic (exact) mass is 280 g/mol. The Bertz CT molecular complexity index is 792. The van der Waals surface area contributed by atoms with Gasteiger partial charge >= 0.3 is 5.97 Å². The highest BCUT2D eigenvalue weighted by atomic mass is 19.1. The summed E-state index contributed by atoms with van der Waals surface area (Å²) in [6.07, 6.45) is 3.23. The number of rotatable bonds is 1. The first-order valence-electron chi connectivity index (χ1n) is 5.87. The molecule has 6 nitrogen and oxygen atoms in total. The number of hydrogen-bond acceptors (Lipinski definition) is 4. The second-order valence-electron chi connectivity index (χ2n) is 4.52. The van der Waals surface area contributed by atoms with Crippen LogP contribution in [-0.4, -0.2) is 20.7 Å². The van der Waals surface area contributed by atoms with Gasteiger partial charge in [0.2, 0.25) is 5.43 Å². The third kappa shape index (κ3) is 1.97. The van der Waals surface area contributed by atoms with E-state index < -0.39 is 28.5 Å². The van der Waals surface area contributed by atoms with Crippen LogP contribution in [0.4, 0.5) is 4.39 Å². The van der Waals surface area contributed by atoms with Crippen LogP contribution in [-0.2, 0) is 0 Å². The highest BCUT2D eigenvalue weighted by Gasteiger charge is 2.19. The number of aliphatic hydroxyl groups excluding tert-OH is 1. The zero-order valence-electron chi connectivity index (χ0n) is 10.6. The molecule has 0 radical (unpaired) electrons. The van der Waals surface area contributed by atoms with Crippen LogP contribution in [0.15, 0.2) is 22.9 Å². The quantitative estimate of drug-likeness (QED) is 0.656. The van der Waals surface area contributed by atoms with Crippen LogP contribution in [0.3, 0.4) is 0 Å². The zero-order valence-corrected chi connectivity index (χ0v) is 10.6. The maximum absolute atomic E-state index is 13.8. The number of carboxylic acid groups (broad SMARTS) is 1. The average molecular weight is 280 g/mol. The third-order valence-corrected chi connectivity index (χ3v) is 3.27. The van der Waals surface area contributed by atoms with Crippen molar-refractivity contribution < 1.29 is 19.4 Å². The van der Waals surface area contributed by atoms with Gasteiger partial charge in [-0.15, -0.1) is 0 Å². The van der Waals surface area contributed by atoms with Gasteiger partial charge in [-0.25, -0.2) is 9.18 Å². The van der Waals surface area contributed by atoms with Gasteiger partial charge in [-0.2, -0.15) is 0 Å². The molecule has 0 aliphatic carbocycles. The van der Waals surface area contributed by atoms with Crippen LogP contribution in [0.5, 0.6) is 0 Å². The molecule has 0 amide bonds. The van der Waals surface area contributed by atoms with Crippen molar-refractivity contribution in [1.82, 2.24) is 4.57 Å². The normalized spacial score (nSPS) is 24.6. The molecule has 0 spiro atoms. The van der Waals surface area contributed by atoms with Crippen LogP contribution in [0.1, 0.15) is 29.7 Å². The second-order valence-corrected chi connectivity index (χ2v) is 4.52. The molecule has 0 aromatic carbocycles. The van der Waals surface area contributed by atoms with E-state index in [1.165, 1.54) is 10.6 Å². The molecule has 0 fully saturated rings. The topological polar surface area (TPSA) is 106 Å². The number of aliphatic hydroxyl groups is 1. The van der Waals surface area contributed by atoms with Crippen molar-refractivity contribution in [1.29, 1.82) is 0 Å². The number of carboxylic acids is 1. The van der Waals surface area contributed by atoms with Crippen LogP contribution in [0, 0.1) is 0 Å². The fourth-order valence-corrected chi connectivity index (χ4v) is 2.17. The number of hydrogen-bond donors (Lipinski definition) is 3. The van der Waals surface area contributed by atoms with Crippen molar-refractivity contribution in [2.75, 3.05) is 0 Å². The first-order valence-corrected chi connectivity index (χ1v) is 5.87. The molecule has 1 aliphatic heterocycles. The SMILES string of the molecule is CC1C\C=C(F)/C(N)=c2/c(=O)c(C(=O)O)cn1/c2=C\O. The van der Waals surface area contributed by atoms with Gasteiger partial charge in [0.1, 0.15) is 17.7 Å². The summed E-state index contributed by atoms with van der Waals surface area (Å²) in [5.74, 6) is -2.23. The van der Waals surface area contributed by atoms with Crippen LogP contribution in [0.2, 0.25) is 0 Å². The molecule has 1 unspecified atom stereocenters. The number of carbonyl (C=O) groups is 1. The van der Waals surface area contributed by atoms with Crippen LogP contribution < -0.4 is 21.7 Å². The molecule has 1 aromatic rings. The van der Waals surface area contributed by atoms with Gasteiger partial charge in [0.05, 0.1) is 16.3 Å². The molecule has 1 atom stereocenters. The van der Waals surface area contributed by atoms with Crippen molar-refractivity contribution in [2.24, 2.45) is 5.73 Å². The first kappa shape index (κ1) is 13.9. The van der Waals surface area contributed by atoms with Crippen molar-refractivity contribution in [3.63, 3.8) is 0 Å². The van der Waals surface area contributed by atoms with Crippen molar-refractivity contribution in [3.05, 3.63) is 44.5 Å². The van der Waals surface area contributed by atoms with Crippen LogP contribution >= 0.6 is 0 Å². The Labute approximate surface area is 112 Å². The molecule has 2 bridgehead atoms. The summed E-state index contributed by atoms with van der Waals surface area (Å²) in [4.78, 5) is 23.2. The third-order valence-electron chi connectivity index (χ3n) is 3.27. The lowest BCUT2D eigenvalue weighted by molar-refractivity contribution is 0.0694. The van der Waals surface area contributed by atoms with E-state index >= 15 is 0 Å². The van der Waals surface area contributed by atoms with E-state index in [1.807, 2.05) is 0 Å². The first-order chi connectivity index (χ1) is 9.38. The summed E-state index contributed by atoms with van der Waals surface area (Å²) in [5.41, 5.74) is 3.66. The molecule has 20 heavy (non-hydrogen) atoms. The summed E-state index contributed by atoms with van der Waals surface area (Å²) < 4.78 is 15.2. The summed E-state index contributed by atoms with van der Waals surface area (Å²) in [5, 5.41) is 18.0. The Morgan fingerprint density at radius 2 is 2.25 bits per heavy atom. The Kier molecular flexibility index (Phi) is 3.35. The Balaban J connectivity index is 3.17. The molecular weight excluding hydrogens is 267 g/mol. The predicted octanol–water partition coefficient (Wildman–Crippen LogP) is -0.272. The van der Waals surface area contributed by atoms with E-state index in [1.54, 1.807) is 6.92 Å². The van der Waals surface area contributed by atoms with Crippen molar-refractivity contribution in [2.45, 2.75) is 19.4 Å². The highest BCUT2D eigenvalue weighted by molar-refractivity contribution is 5.87. The number of halogens is 1. The number of aromatic nitrogens is 1. The largest absolute Gasteiger partial charge is 0.513 e. The molecular formula is C13H13FN2O4. The number of nitrogens with two attached hydrogens (primary N) is 1. The second kappa shape index (κ2) is 4.84. The van der Waals surface area contributed by atoms with E-state index in [9.17, 15) is 19.1 Å². The standard InChI is InChI=1S/C13H13FN2O4/c1-6-2-3-8(14)11(15)10-9(5-17)16(6)4-7(12(10)18)13(19)20/h3-6,17H,2,15H2,1H3,(H,19,20)/b8-3+,9-5-,11-10-. The van der Waals surface area contributed by atoms with Gasteiger partial charge in [-0.05, 0) is 19.4 Å². The summed E-state index contributed by atoms with van der Waals surface area (Å²) in [6.45, 7) is 1.71. The van der Waals surface area contributed by atoms with Crippen molar-refractivity contribution in [3.8, 4) is 0 Å². The lowest BCUT2D eigenvalue weighted by Gasteiger charge is -2.18. The smallest absolute Gasteiger partial charge is 0.341 e. The fourth-order valence-electron chi connectivity index (χ4n) is 2.17. The molecule has 1 aromatic heterocycles. The summed E-state index contributed by atoms with van der Waals surface area (Å²) in [6, 6.07) is -0.343. The van der Waals surface area contributed by atoms with Gasteiger partial charge in [0, 0.05) is 12.2 Å². The Hall–Kier alpha value is -2.57. The number of pyridine rings is 1. The molecule has 7 heteroatoms. The average Bonchev–Trinajstić information content (AvgIpc) is 2.41. The lowest BCUT2D eigenvalue weighted by atomic mass is 10.1. The molecule has 1 aliphatic rings. The minimum Gasteiger partial charge on any atom is -0.513 e. The van der Waals surface area contributed by atoms with E-state index in [4.69, 9.17) is 10.8 Å².